The number of carboxylic acid groups (broad SMARTS) is 1. The van der Waals surface area contributed by atoms with Gasteiger partial charge in [0, 0.05) is 5.69 Å². The van der Waals surface area contributed by atoms with Gasteiger partial charge in [0.05, 0.1) is 0 Å². The molecule has 1 amide bonds. The van der Waals surface area contributed by atoms with E-state index < -0.39 is 17.4 Å². The van der Waals surface area contributed by atoms with Gasteiger partial charge >= 0.3 is 5.97 Å². The summed E-state index contributed by atoms with van der Waals surface area (Å²) in [5.41, 5.74) is -0.261. The maximum atomic E-state index is 11.8. The van der Waals surface area contributed by atoms with Crippen LogP contribution in [-0.2, 0) is 4.79 Å². The van der Waals surface area contributed by atoms with Crippen LogP contribution in [0.3, 0.4) is 0 Å². The van der Waals surface area contributed by atoms with Crippen LogP contribution in [0, 0.1) is 6.92 Å². The van der Waals surface area contributed by atoms with Crippen LogP contribution in [0.1, 0.15) is 42.9 Å². The summed E-state index contributed by atoms with van der Waals surface area (Å²) < 4.78 is 0. The molecular weight excluding hydrogens is 222 g/mol. The zero-order valence-electron chi connectivity index (χ0n) is 10.2. The van der Waals surface area contributed by atoms with Crippen LogP contribution in [0.25, 0.3) is 0 Å². The summed E-state index contributed by atoms with van der Waals surface area (Å²) in [7, 11) is 0. The van der Waals surface area contributed by atoms with E-state index in [4.69, 9.17) is 0 Å². The molecule has 0 bridgehead atoms. The van der Waals surface area contributed by atoms with Crippen LogP contribution in [0.2, 0.25) is 0 Å². The summed E-state index contributed by atoms with van der Waals surface area (Å²) in [5.74, 6) is -1.50. The number of aryl methyl sites for hydroxylation is 1. The van der Waals surface area contributed by atoms with Gasteiger partial charge < -0.3 is 10.4 Å². The lowest BCUT2D eigenvalue weighted by molar-refractivity contribution is -0.144. The Morgan fingerprint density at radius 1 is 1.47 bits per heavy atom. The van der Waals surface area contributed by atoms with Crippen molar-refractivity contribution in [2.24, 2.45) is 0 Å². The third kappa shape index (κ3) is 2.64. The summed E-state index contributed by atoms with van der Waals surface area (Å²) in [5, 5.41) is 18.2. The third-order valence-corrected chi connectivity index (χ3v) is 2.91. The van der Waals surface area contributed by atoms with Gasteiger partial charge in [-0.1, -0.05) is 13.8 Å². The standard InChI is InChI=1S/C11H17N3O3/c1-4-11(5-2,10(16)17)12-9(15)8-6-7(3)13-14-8/h6H,4-5H2,1-3H3,(H,12,15)(H,13,14)(H,16,17). The number of aliphatic carboxylic acids is 1. The molecule has 3 N–H and O–H groups in total. The van der Waals surface area contributed by atoms with Crippen LogP contribution in [0.5, 0.6) is 0 Å². The smallest absolute Gasteiger partial charge is 0.329 e. The lowest BCUT2D eigenvalue weighted by Gasteiger charge is -2.27. The number of nitrogens with zero attached hydrogens (tertiary/aromatic N) is 1. The normalized spacial score (nSPS) is 11.2. The maximum absolute atomic E-state index is 11.8. The van der Waals surface area contributed by atoms with Crippen molar-refractivity contribution in [2.45, 2.75) is 39.2 Å². The van der Waals surface area contributed by atoms with Crippen molar-refractivity contribution in [1.29, 1.82) is 0 Å². The molecule has 0 aliphatic carbocycles. The van der Waals surface area contributed by atoms with Crippen LogP contribution in [0.15, 0.2) is 6.07 Å². The number of hydrogen-bond donors (Lipinski definition) is 3. The molecule has 94 valence electrons. The number of rotatable bonds is 5. The van der Waals surface area contributed by atoms with E-state index in [0.717, 1.165) is 5.69 Å². The second-order valence-electron chi connectivity index (χ2n) is 3.98. The molecule has 0 aromatic carbocycles. The van der Waals surface area contributed by atoms with E-state index in [9.17, 15) is 14.7 Å². The van der Waals surface area contributed by atoms with Crippen molar-refractivity contribution >= 4 is 11.9 Å². The SMILES string of the molecule is CCC(CC)(NC(=O)c1cc(C)[nH]n1)C(=O)O. The Labute approximate surface area is 99.4 Å². The number of nitrogens with one attached hydrogen (secondary N) is 2. The van der Waals surface area contributed by atoms with E-state index in [1.54, 1.807) is 26.8 Å². The minimum Gasteiger partial charge on any atom is -0.480 e. The summed E-state index contributed by atoms with van der Waals surface area (Å²) in [6.07, 6.45) is 0.655. The number of aromatic amines is 1. The molecule has 0 saturated heterocycles. The van der Waals surface area contributed by atoms with Gasteiger partial charge in [0.25, 0.3) is 5.91 Å². The third-order valence-electron chi connectivity index (χ3n) is 2.91. The Balaban J connectivity index is 2.88. The zero-order valence-corrected chi connectivity index (χ0v) is 10.2. The average Bonchev–Trinajstić information content (AvgIpc) is 2.72. The molecule has 0 saturated carbocycles. The van der Waals surface area contributed by atoms with Crippen molar-refractivity contribution in [3.05, 3.63) is 17.5 Å². The van der Waals surface area contributed by atoms with Gasteiger partial charge in [-0.2, -0.15) is 5.10 Å². The number of carbonyl (C=O) groups is 2. The quantitative estimate of drug-likeness (QED) is 0.716. The lowest BCUT2D eigenvalue weighted by atomic mass is 9.93. The van der Waals surface area contributed by atoms with Gasteiger partial charge in [0.15, 0.2) is 0 Å². The highest BCUT2D eigenvalue weighted by Gasteiger charge is 2.36. The number of amides is 1. The lowest BCUT2D eigenvalue weighted by Crippen LogP contribution is -2.53. The highest BCUT2D eigenvalue weighted by Crippen LogP contribution is 2.16. The first-order chi connectivity index (χ1) is 7.95. The molecule has 1 rings (SSSR count). The molecular formula is C11H17N3O3. The molecule has 0 atom stereocenters. The molecule has 6 nitrogen and oxygen atoms in total. The van der Waals surface area contributed by atoms with Crippen LogP contribution in [0.4, 0.5) is 0 Å². The van der Waals surface area contributed by atoms with E-state index >= 15 is 0 Å². The molecule has 1 aromatic heterocycles. The van der Waals surface area contributed by atoms with Gasteiger partial charge in [-0.25, -0.2) is 4.79 Å². The van der Waals surface area contributed by atoms with E-state index in [1.165, 1.54) is 0 Å². The minimum atomic E-state index is -1.22. The summed E-state index contributed by atoms with van der Waals surface area (Å²) in [6, 6.07) is 1.58. The first-order valence-corrected chi connectivity index (χ1v) is 5.53. The largest absolute Gasteiger partial charge is 0.480 e. The maximum Gasteiger partial charge on any atom is 0.329 e. The van der Waals surface area contributed by atoms with Crippen molar-refractivity contribution in [3.8, 4) is 0 Å². The molecule has 0 radical (unpaired) electrons. The summed E-state index contributed by atoms with van der Waals surface area (Å²) in [6.45, 7) is 5.23. The molecule has 0 fully saturated rings. The fraction of sp³-hybridized carbons (Fsp3) is 0.545. The Morgan fingerprint density at radius 2 is 2.06 bits per heavy atom. The van der Waals surface area contributed by atoms with E-state index in [0.29, 0.717) is 12.8 Å². The number of carbonyl (C=O) groups excluding carboxylic acids is 1. The van der Waals surface area contributed by atoms with Crippen LogP contribution >= 0.6 is 0 Å². The Hall–Kier alpha value is -1.85. The predicted molar refractivity (Wildman–Crippen MR) is 61.7 cm³/mol. The van der Waals surface area contributed by atoms with Gasteiger partial charge in [-0.15, -0.1) is 0 Å². The van der Waals surface area contributed by atoms with E-state index in [2.05, 4.69) is 15.5 Å². The molecule has 1 aromatic rings. The van der Waals surface area contributed by atoms with Crippen molar-refractivity contribution in [1.82, 2.24) is 15.5 Å². The average molecular weight is 239 g/mol. The topological polar surface area (TPSA) is 95.1 Å². The number of carboxylic acids is 1. The molecule has 0 aliphatic rings. The first kappa shape index (κ1) is 13.2. The molecule has 0 unspecified atom stereocenters. The molecule has 6 heteroatoms. The number of hydrogen-bond acceptors (Lipinski definition) is 3. The van der Waals surface area contributed by atoms with Gasteiger partial charge in [0.1, 0.15) is 11.2 Å². The summed E-state index contributed by atoms with van der Waals surface area (Å²) in [4.78, 5) is 23.1. The Bertz CT molecular complexity index is 421. The van der Waals surface area contributed by atoms with Crippen molar-refractivity contribution < 1.29 is 14.7 Å². The van der Waals surface area contributed by atoms with Gasteiger partial charge in [0.2, 0.25) is 0 Å². The molecule has 17 heavy (non-hydrogen) atoms. The highest BCUT2D eigenvalue weighted by molar-refractivity contribution is 5.96. The van der Waals surface area contributed by atoms with Gasteiger partial charge in [-0.05, 0) is 25.8 Å². The first-order valence-electron chi connectivity index (χ1n) is 5.53. The monoisotopic (exact) mass is 239 g/mol. The van der Waals surface area contributed by atoms with Crippen molar-refractivity contribution in [2.75, 3.05) is 0 Å². The fourth-order valence-electron chi connectivity index (χ4n) is 1.60. The summed E-state index contributed by atoms with van der Waals surface area (Å²) >= 11 is 0. The minimum absolute atomic E-state index is 0.204. The van der Waals surface area contributed by atoms with E-state index in [-0.39, 0.29) is 5.69 Å². The highest BCUT2D eigenvalue weighted by atomic mass is 16.4. The fourth-order valence-corrected chi connectivity index (χ4v) is 1.60. The second kappa shape index (κ2) is 4.99. The van der Waals surface area contributed by atoms with Crippen LogP contribution < -0.4 is 5.32 Å². The van der Waals surface area contributed by atoms with Crippen molar-refractivity contribution in [3.63, 3.8) is 0 Å². The molecule has 1 heterocycles. The number of H-pyrrole nitrogens is 1. The predicted octanol–water partition coefficient (Wildman–Crippen LogP) is 1.09. The Kier molecular flexibility index (Phi) is 3.88. The van der Waals surface area contributed by atoms with Gasteiger partial charge in [-0.3, -0.25) is 9.89 Å². The zero-order chi connectivity index (χ0) is 13.1. The van der Waals surface area contributed by atoms with E-state index in [1.807, 2.05) is 0 Å². The second-order valence-corrected chi connectivity index (χ2v) is 3.98. The molecule has 0 spiro atoms. The Morgan fingerprint density at radius 3 is 2.41 bits per heavy atom. The molecule has 0 aliphatic heterocycles. The van der Waals surface area contributed by atoms with Crippen LogP contribution in [-0.4, -0.2) is 32.7 Å². The number of aromatic nitrogens is 2.